The molecule has 112 valence electrons. The molecule has 21 heavy (non-hydrogen) atoms. The second kappa shape index (κ2) is 5.89. The fourth-order valence-corrected chi connectivity index (χ4v) is 3.41. The molecule has 1 aromatic heterocycles. The van der Waals surface area contributed by atoms with Gasteiger partial charge in [0.15, 0.2) is 0 Å². The maximum Gasteiger partial charge on any atom is 0.231 e. The van der Waals surface area contributed by atoms with Crippen LogP contribution in [0, 0.1) is 13.8 Å². The molecular formula is C16H20BrN3O. The molecule has 2 unspecified atom stereocenters. The number of nitrogens with zero attached hydrogens (tertiary/aromatic N) is 2. The van der Waals surface area contributed by atoms with Crippen LogP contribution in [0.15, 0.2) is 21.1 Å². The summed E-state index contributed by atoms with van der Waals surface area (Å²) >= 11 is 3.59. The van der Waals surface area contributed by atoms with E-state index in [0.717, 1.165) is 22.3 Å². The van der Waals surface area contributed by atoms with Crippen LogP contribution < -0.4 is 5.32 Å². The van der Waals surface area contributed by atoms with E-state index in [1.165, 1.54) is 24.0 Å². The van der Waals surface area contributed by atoms with Crippen LogP contribution in [0.1, 0.15) is 42.2 Å². The van der Waals surface area contributed by atoms with Crippen LogP contribution in [-0.4, -0.2) is 23.2 Å². The maximum atomic E-state index is 5.53. The number of hydrogen-bond donors (Lipinski definition) is 1. The number of aryl methyl sites for hydroxylation is 2. The first kappa shape index (κ1) is 14.7. The third kappa shape index (κ3) is 2.77. The molecule has 1 N–H and O–H groups in total. The molecule has 2 atom stereocenters. The molecule has 0 aliphatic heterocycles. The fraction of sp³-hybridized carbons (Fsp3) is 0.500. The molecule has 1 saturated carbocycles. The third-order valence-electron chi connectivity index (χ3n) is 4.34. The molecule has 3 rings (SSSR count). The molecule has 0 radical (unpaired) electrons. The zero-order valence-corrected chi connectivity index (χ0v) is 14.2. The van der Waals surface area contributed by atoms with Gasteiger partial charge in [0.05, 0.1) is 5.92 Å². The van der Waals surface area contributed by atoms with E-state index in [9.17, 15) is 0 Å². The van der Waals surface area contributed by atoms with Crippen LogP contribution in [0.3, 0.4) is 0 Å². The Balaban J connectivity index is 1.91. The van der Waals surface area contributed by atoms with Crippen molar-refractivity contribution in [3.8, 4) is 11.4 Å². The highest BCUT2D eigenvalue weighted by atomic mass is 79.9. The number of benzene rings is 1. The van der Waals surface area contributed by atoms with Crippen molar-refractivity contribution in [3.63, 3.8) is 0 Å². The first-order chi connectivity index (χ1) is 10.1. The lowest BCUT2D eigenvalue weighted by atomic mass is 10.0. The first-order valence-corrected chi connectivity index (χ1v) is 8.17. The van der Waals surface area contributed by atoms with Crippen molar-refractivity contribution in [2.24, 2.45) is 0 Å². The molecule has 2 aromatic rings. The quantitative estimate of drug-likeness (QED) is 0.910. The largest absolute Gasteiger partial charge is 0.339 e. The second-order valence-corrected chi connectivity index (χ2v) is 6.61. The average Bonchev–Trinajstić information content (AvgIpc) is 3.11. The van der Waals surface area contributed by atoms with Gasteiger partial charge in [0.1, 0.15) is 0 Å². The lowest BCUT2D eigenvalue weighted by Crippen LogP contribution is -2.27. The van der Waals surface area contributed by atoms with E-state index in [-0.39, 0.29) is 0 Å². The molecule has 0 spiro atoms. The molecule has 0 saturated heterocycles. The summed E-state index contributed by atoms with van der Waals surface area (Å²) in [6.45, 7) is 4.16. The van der Waals surface area contributed by atoms with Gasteiger partial charge < -0.3 is 9.84 Å². The van der Waals surface area contributed by atoms with Gasteiger partial charge in [-0.2, -0.15) is 4.98 Å². The van der Waals surface area contributed by atoms with E-state index in [1.807, 2.05) is 7.05 Å². The smallest absolute Gasteiger partial charge is 0.231 e. The minimum atomic E-state index is 0.342. The summed E-state index contributed by atoms with van der Waals surface area (Å²) in [6.07, 6.45) is 3.51. The summed E-state index contributed by atoms with van der Waals surface area (Å²) in [4.78, 5) is 4.64. The number of hydrogen-bond acceptors (Lipinski definition) is 4. The van der Waals surface area contributed by atoms with Crippen LogP contribution in [0.25, 0.3) is 11.4 Å². The van der Waals surface area contributed by atoms with Crippen molar-refractivity contribution >= 4 is 15.9 Å². The van der Waals surface area contributed by atoms with E-state index in [2.05, 4.69) is 57.4 Å². The topological polar surface area (TPSA) is 51.0 Å². The van der Waals surface area contributed by atoms with Gasteiger partial charge in [0.25, 0.3) is 0 Å². The van der Waals surface area contributed by atoms with Crippen molar-refractivity contribution < 1.29 is 4.52 Å². The standard InChI is InChI=1S/C16H20BrN3O/c1-9-7-11(8-10(2)14(9)17)15-19-16(21-20-15)12-5-4-6-13(12)18-3/h7-8,12-13,18H,4-6H2,1-3H3. The van der Waals surface area contributed by atoms with E-state index >= 15 is 0 Å². The number of aromatic nitrogens is 2. The predicted molar refractivity (Wildman–Crippen MR) is 86.3 cm³/mol. The van der Waals surface area contributed by atoms with E-state index in [1.54, 1.807) is 0 Å². The SMILES string of the molecule is CNC1CCCC1c1nc(-c2cc(C)c(Br)c(C)c2)no1. The van der Waals surface area contributed by atoms with Gasteiger partial charge in [-0.05, 0) is 57.0 Å². The fourth-order valence-electron chi connectivity index (χ4n) is 3.18. The number of halogens is 1. The van der Waals surface area contributed by atoms with Crippen LogP contribution >= 0.6 is 15.9 Å². The predicted octanol–water partition coefficient (Wildman–Crippen LogP) is 3.97. The first-order valence-electron chi connectivity index (χ1n) is 7.38. The Morgan fingerprint density at radius 2 is 1.95 bits per heavy atom. The van der Waals surface area contributed by atoms with Gasteiger partial charge in [-0.25, -0.2) is 0 Å². The van der Waals surface area contributed by atoms with Gasteiger partial charge in [-0.15, -0.1) is 0 Å². The Hall–Kier alpha value is -1.20. The highest BCUT2D eigenvalue weighted by molar-refractivity contribution is 9.10. The van der Waals surface area contributed by atoms with Crippen molar-refractivity contribution in [2.75, 3.05) is 7.05 Å². The summed E-state index contributed by atoms with van der Waals surface area (Å²) in [6, 6.07) is 4.64. The summed E-state index contributed by atoms with van der Waals surface area (Å²) in [5.41, 5.74) is 3.39. The van der Waals surface area contributed by atoms with Crippen LogP contribution in [0.2, 0.25) is 0 Å². The maximum absolute atomic E-state index is 5.53. The molecule has 0 amide bonds. The lowest BCUT2D eigenvalue weighted by Gasteiger charge is -2.14. The zero-order chi connectivity index (χ0) is 15.0. The van der Waals surface area contributed by atoms with Crippen molar-refractivity contribution in [1.82, 2.24) is 15.5 Å². The van der Waals surface area contributed by atoms with Gasteiger partial charge in [-0.3, -0.25) is 0 Å². The number of rotatable bonds is 3. The van der Waals surface area contributed by atoms with Crippen molar-refractivity contribution in [1.29, 1.82) is 0 Å². The normalized spacial score (nSPS) is 21.9. The van der Waals surface area contributed by atoms with Crippen LogP contribution in [0.5, 0.6) is 0 Å². The van der Waals surface area contributed by atoms with Gasteiger partial charge in [0, 0.05) is 16.1 Å². The Labute approximate surface area is 133 Å². The molecule has 1 aromatic carbocycles. The summed E-state index contributed by atoms with van der Waals surface area (Å²) in [5, 5.41) is 7.54. The van der Waals surface area contributed by atoms with Crippen molar-refractivity contribution in [2.45, 2.75) is 45.1 Å². The molecular weight excluding hydrogens is 330 g/mol. The lowest BCUT2D eigenvalue weighted by molar-refractivity contribution is 0.335. The van der Waals surface area contributed by atoms with Gasteiger partial charge in [-0.1, -0.05) is 27.5 Å². The molecule has 4 nitrogen and oxygen atoms in total. The van der Waals surface area contributed by atoms with Crippen LogP contribution in [-0.2, 0) is 0 Å². The Bertz CT molecular complexity index is 630. The minimum Gasteiger partial charge on any atom is -0.339 e. The molecule has 5 heteroatoms. The zero-order valence-electron chi connectivity index (χ0n) is 12.6. The Morgan fingerprint density at radius 1 is 1.24 bits per heavy atom. The van der Waals surface area contributed by atoms with E-state index < -0.39 is 0 Å². The monoisotopic (exact) mass is 349 g/mol. The molecule has 1 aliphatic carbocycles. The molecule has 1 heterocycles. The summed E-state index contributed by atoms with van der Waals surface area (Å²) < 4.78 is 6.67. The minimum absolute atomic E-state index is 0.342. The Kier molecular flexibility index (Phi) is 4.13. The molecule has 1 fully saturated rings. The number of likely N-dealkylation sites (N-methyl/N-ethyl adjacent to an activating group) is 1. The molecule has 1 aliphatic rings. The second-order valence-electron chi connectivity index (χ2n) is 5.81. The number of nitrogens with one attached hydrogen (secondary N) is 1. The van der Waals surface area contributed by atoms with Crippen LogP contribution in [0.4, 0.5) is 0 Å². The summed E-state index contributed by atoms with van der Waals surface area (Å²) in [5.74, 6) is 1.79. The average molecular weight is 350 g/mol. The van der Waals surface area contributed by atoms with Crippen molar-refractivity contribution in [3.05, 3.63) is 33.6 Å². The molecule has 0 bridgehead atoms. The van der Waals surface area contributed by atoms with Gasteiger partial charge >= 0.3 is 0 Å². The van der Waals surface area contributed by atoms with E-state index in [4.69, 9.17) is 4.52 Å². The van der Waals surface area contributed by atoms with Gasteiger partial charge in [0.2, 0.25) is 11.7 Å². The van der Waals surface area contributed by atoms with E-state index in [0.29, 0.717) is 17.8 Å². The summed E-state index contributed by atoms with van der Waals surface area (Å²) in [7, 11) is 2.00. The Morgan fingerprint density at radius 3 is 2.62 bits per heavy atom. The highest BCUT2D eigenvalue weighted by Gasteiger charge is 2.31. The third-order valence-corrected chi connectivity index (χ3v) is 5.59. The highest BCUT2D eigenvalue weighted by Crippen LogP contribution is 2.35.